The SMILES string of the molecule is CSc1ccc(C2C(C(=O)c3ccco3)=C(O)C(=O)N2c2nncs2)cc1. The van der Waals surface area contributed by atoms with Gasteiger partial charge in [-0.05, 0) is 36.1 Å². The second-order valence-electron chi connectivity index (χ2n) is 5.64. The maximum atomic E-state index is 13.0. The summed E-state index contributed by atoms with van der Waals surface area (Å²) >= 11 is 2.73. The third kappa shape index (κ3) is 2.94. The van der Waals surface area contributed by atoms with E-state index in [0.717, 1.165) is 16.2 Å². The molecule has 0 spiro atoms. The number of Topliss-reactive ketones (excluding diaryl/α,β-unsaturated/α-hetero) is 1. The number of aliphatic hydroxyl groups is 1. The summed E-state index contributed by atoms with van der Waals surface area (Å²) in [7, 11) is 0. The molecule has 1 aliphatic rings. The van der Waals surface area contributed by atoms with Crippen LogP contribution in [0, 0.1) is 0 Å². The van der Waals surface area contributed by atoms with Crippen molar-refractivity contribution in [1.82, 2.24) is 10.2 Å². The van der Waals surface area contributed by atoms with Crippen molar-refractivity contribution in [2.24, 2.45) is 0 Å². The highest BCUT2D eigenvalue weighted by molar-refractivity contribution is 7.98. The van der Waals surface area contributed by atoms with Crippen LogP contribution in [0.15, 0.2) is 68.8 Å². The Labute approximate surface area is 162 Å². The first kappa shape index (κ1) is 17.5. The minimum absolute atomic E-state index is 0.0398. The molecule has 7 nitrogen and oxygen atoms in total. The van der Waals surface area contributed by atoms with E-state index in [1.54, 1.807) is 17.8 Å². The van der Waals surface area contributed by atoms with Gasteiger partial charge in [0.25, 0.3) is 5.91 Å². The molecule has 1 amide bonds. The molecule has 1 aliphatic heterocycles. The quantitative estimate of drug-likeness (QED) is 0.517. The Balaban J connectivity index is 1.86. The summed E-state index contributed by atoms with van der Waals surface area (Å²) in [5.41, 5.74) is 2.12. The number of ketones is 1. The van der Waals surface area contributed by atoms with Gasteiger partial charge in [-0.3, -0.25) is 14.5 Å². The molecule has 9 heteroatoms. The Hall–Kier alpha value is -2.91. The summed E-state index contributed by atoms with van der Waals surface area (Å²) in [6.07, 6.45) is 3.33. The number of benzene rings is 1. The molecule has 0 aliphatic carbocycles. The normalized spacial score (nSPS) is 17.0. The van der Waals surface area contributed by atoms with Crippen molar-refractivity contribution in [3.05, 3.63) is 70.8 Å². The van der Waals surface area contributed by atoms with Crippen LogP contribution in [0.5, 0.6) is 0 Å². The van der Waals surface area contributed by atoms with Gasteiger partial charge in [0.1, 0.15) is 5.51 Å². The molecule has 0 radical (unpaired) electrons. The lowest BCUT2D eigenvalue weighted by Crippen LogP contribution is -2.31. The zero-order chi connectivity index (χ0) is 19.0. The van der Waals surface area contributed by atoms with E-state index >= 15 is 0 Å². The number of aromatic nitrogens is 2. The Morgan fingerprint density at radius 1 is 1.30 bits per heavy atom. The number of amides is 1. The van der Waals surface area contributed by atoms with Gasteiger partial charge < -0.3 is 9.52 Å². The summed E-state index contributed by atoms with van der Waals surface area (Å²) in [6, 6.07) is 9.69. The van der Waals surface area contributed by atoms with Gasteiger partial charge >= 0.3 is 0 Å². The molecule has 1 N–H and O–H groups in total. The van der Waals surface area contributed by atoms with Crippen molar-refractivity contribution in [3.63, 3.8) is 0 Å². The van der Waals surface area contributed by atoms with Gasteiger partial charge in [-0.25, -0.2) is 0 Å². The fourth-order valence-electron chi connectivity index (χ4n) is 2.95. The molecule has 136 valence electrons. The predicted octanol–water partition coefficient (Wildman–Crippen LogP) is 3.64. The van der Waals surface area contributed by atoms with E-state index in [2.05, 4.69) is 10.2 Å². The van der Waals surface area contributed by atoms with Crippen LogP contribution in [-0.4, -0.2) is 33.3 Å². The van der Waals surface area contributed by atoms with Crippen molar-refractivity contribution in [1.29, 1.82) is 0 Å². The molecule has 0 saturated heterocycles. The lowest BCUT2D eigenvalue weighted by Gasteiger charge is -2.23. The molecule has 1 atom stereocenters. The molecule has 27 heavy (non-hydrogen) atoms. The lowest BCUT2D eigenvalue weighted by molar-refractivity contribution is -0.117. The summed E-state index contributed by atoms with van der Waals surface area (Å²) in [5, 5.41) is 18.5. The molecule has 0 fully saturated rings. The van der Waals surface area contributed by atoms with E-state index in [4.69, 9.17) is 4.42 Å². The minimum Gasteiger partial charge on any atom is -0.503 e. The van der Waals surface area contributed by atoms with Crippen molar-refractivity contribution >= 4 is 39.9 Å². The van der Waals surface area contributed by atoms with Gasteiger partial charge in [-0.15, -0.1) is 22.0 Å². The molecule has 4 rings (SSSR count). The van der Waals surface area contributed by atoms with E-state index in [-0.39, 0.29) is 11.3 Å². The number of rotatable bonds is 5. The average Bonchev–Trinajstić information content (AvgIpc) is 3.44. The summed E-state index contributed by atoms with van der Waals surface area (Å²) in [4.78, 5) is 28.1. The predicted molar refractivity (Wildman–Crippen MR) is 101 cm³/mol. The number of hydrogen-bond acceptors (Lipinski definition) is 8. The van der Waals surface area contributed by atoms with Gasteiger partial charge in [0.2, 0.25) is 10.9 Å². The zero-order valence-electron chi connectivity index (χ0n) is 14.0. The number of thioether (sulfide) groups is 1. The number of furan rings is 1. The highest BCUT2D eigenvalue weighted by Crippen LogP contribution is 2.42. The van der Waals surface area contributed by atoms with Crippen LogP contribution < -0.4 is 4.90 Å². The molecular weight excluding hydrogens is 386 g/mol. The summed E-state index contributed by atoms with van der Waals surface area (Å²) in [6.45, 7) is 0. The van der Waals surface area contributed by atoms with E-state index < -0.39 is 23.5 Å². The Morgan fingerprint density at radius 2 is 2.07 bits per heavy atom. The summed E-state index contributed by atoms with van der Waals surface area (Å²) in [5.74, 6) is -1.79. The minimum atomic E-state index is -0.820. The van der Waals surface area contributed by atoms with Crippen LogP contribution >= 0.6 is 23.1 Å². The first-order chi connectivity index (χ1) is 13.1. The Kier molecular flexibility index (Phi) is 4.54. The molecule has 3 heterocycles. The molecule has 1 aromatic carbocycles. The fraction of sp³-hybridized carbons (Fsp3) is 0.111. The van der Waals surface area contributed by atoms with Crippen molar-refractivity contribution in [3.8, 4) is 0 Å². The topological polar surface area (TPSA) is 96.5 Å². The smallest absolute Gasteiger partial charge is 0.296 e. The molecule has 0 saturated carbocycles. The largest absolute Gasteiger partial charge is 0.503 e. The van der Waals surface area contributed by atoms with Crippen molar-refractivity contribution < 1.29 is 19.1 Å². The van der Waals surface area contributed by atoms with Gasteiger partial charge in [0, 0.05) is 4.90 Å². The maximum absolute atomic E-state index is 13.0. The van der Waals surface area contributed by atoms with E-state index in [0.29, 0.717) is 10.7 Å². The lowest BCUT2D eigenvalue weighted by atomic mass is 9.95. The first-order valence-electron chi connectivity index (χ1n) is 7.87. The van der Waals surface area contributed by atoms with Gasteiger partial charge in [-0.2, -0.15) is 0 Å². The monoisotopic (exact) mass is 399 g/mol. The number of carbonyl (C=O) groups excluding carboxylic acids is 2. The average molecular weight is 399 g/mol. The molecule has 0 bridgehead atoms. The van der Waals surface area contributed by atoms with Crippen LogP contribution in [0.2, 0.25) is 0 Å². The molecule has 1 unspecified atom stereocenters. The van der Waals surface area contributed by atoms with Crippen LogP contribution in [0.4, 0.5) is 5.13 Å². The molecule has 2 aromatic heterocycles. The van der Waals surface area contributed by atoms with Gasteiger partial charge in [0.05, 0.1) is 17.9 Å². The van der Waals surface area contributed by atoms with E-state index in [9.17, 15) is 14.7 Å². The van der Waals surface area contributed by atoms with Crippen molar-refractivity contribution in [2.45, 2.75) is 10.9 Å². The van der Waals surface area contributed by atoms with E-state index in [1.807, 2.05) is 30.5 Å². The Morgan fingerprint density at radius 3 is 2.67 bits per heavy atom. The first-order valence-corrected chi connectivity index (χ1v) is 9.97. The van der Waals surface area contributed by atoms with Crippen LogP contribution in [0.3, 0.4) is 0 Å². The second-order valence-corrected chi connectivity index (χ2v) is 7.33. The number of hydrogen-bond donors (Lipinski definition) is 1. The third-order valence-electron chi connectivity index (χ3n) is 4.18. The standard InChI is InChI=1S/C18H13N3O4S2/c1-26-11-6-4-10(5-7-11)14-13(15(22)12-3-2-8-25-12)16(23)17(24)21(14)18-20-19-9-27-18/h2-9,14,23H,1H3. The number of nitrogens with zero attached hydrogens (tertiary/aromatic N) is 3. The number of anilines is 1. The van der Waals surface area contributed by atoms with Gasteiger partial charge in [0.15, 0.2) is 11.5 Å². The number of aliphatic hydroxyl groups excluding tert-OH is 1. The highest BCUT2D eigenvalue weighted by atomic mass is 32.2. The van der Waals surface area contributed by atoms with Crippen molar-refractivity contribution in [2.75, 3.05) is 11.2 Å². The Bertz CT molecular complexity index is 1010. The second kappa shape index (κ2) is 7.01. The molecule has 3 aromatic rings. The maximum Gasteiger partial charge on any atom is 0.296 e. The van der Waals surface area contributed by atoms with Crippen LogP contribution in [0.1, 0.15) is 22.2 Å². The number of carbonyl (C=O) groups is 2. The van der Waals surface area contributed by atoms with Crippen LogP contribution in [0.25, 0.3) is 0 Å². The van der Waals surface area contributed by atoms with E-state index in [1.165, 1.54) is 22.7 Å². The highest BCUT2D eigenvalue weighted by Gasteiger charge is 2.46. The van der Waals surface area contributed by atoms with Crippen LogP contribution in [-0.2, 0) is 4.79 Å². The van der Waals surface area contributed by atoms with Gasteiger partial charge in [-0.1, -0.05) is 23.5 Å². The third-order valence-corrected chi connectivity index (χ3v) is 5.62. The summed E-state index contributed by atoms with van der Waals surface area (Å²) < 4.78 is 5.18. The zero-order valence-corrected chi connectivity index (χ0v) is 15.7. The fourth-order valence-corrected chi connectivity index (χ4v) is 3.94. The molecular formula is C18H13N3O4S2.